The molecule has 0 aliphatic carbocycles. The van der Waals surface area contributed by atoms with E-state index < -0.39 is 0 Å². The molecule has 2 saturated heterocycles. The van der Waals surface area contributed by atoms with Crippen LogP contribution in [0.1, 0.15) is 19.3 Å². The number of carbonyl (C=O) groups is 1. The van der Waals surface area contributed by atoms with Crippen molar-refractivity contribution in [2.75, 3.05) is 73.1 Å². The smallest absolute Gasteiger partial charge is 0.243 e. The normalized spacial score (nSPS) is 20.4. The zero-order chi connectivity index (χ0) is 16.5. The van der Waals surface area contributed by atoms with Crippen LogP contribution in [0, 0.1) is 0 Å². The highest BCUT2D eigenvalue weighted by molar-refractivity contribution is 5.84. The SMILES string of the molecule is CN(C)C(=O)CN=C(NCCN1CCOCC1)N1CCCCC1. The number of amides is 1. The Bertz CT molecular complexity index is 388. The number of piperidine rings is 1. The molecule has 0 aromatic carbocycles. The molecule has 1 amide bonds. The number of ether oxygens (including phenoxy) is 1. The predicted octanol–water partition coefficient (Wildman–Crippen LogP) is -0.162. The minimum Gasteiger partial charge on any atom is -0.379 e. The van der Waals surface area contributed by atoms with Crippen LogP contribution in [-0.4, -0.2) is 99.7 Å². The molecule has 2 aliphatic rings. The van der Waals surface area contributed by atoms with Crippen LogP contribution in [0.4, 0.5) is 0 Å². The van der Waals surface area contributed by atoms with E-state index in [2.05, 4.69) is 20.1 Å². The molecule has 2 aliphatic heterocycles. The number of nitrogens with one attached hydrogen (secondary N) is 1. The molecule has 0 spiro atoms. The average molecular weight is 325 g/mol. The van der Waals surface area contributed by atoms with E-state index in [1.807, 2.05) is 0 Å². The van der Waals surface area contributed by atoms with Crippen molar-refractivity contribution in [3.05, 3.63) is 0 Å². The number of hydrogen-bond acceptors (Lipinski definition) is 4. The fraction of sp³-hybridized carbons (Fsp3) is 0.875. The van der Waals surface area contributed by atoms with E-state index in [0.717, 1.165) is 58.4 Å². The van der Waals surface area contributed by atoms with Gasteiger partial charge in [0.2, 0.25) is 5.91 Å². The highest BCUT2D eigenvalue weighted by Gasteiger charge is 2.16. The molecule has 2 heterocycles. The van der Waals surface area contributed by atoms with Gasteiger partial charge in [0.15, 0.2) is 5.96 Å². The summed E-state index contributed by atoms with van der Waals surface area (Å²) in [6.07, 6.45) is 3.69. The Morgan fingerprint density at radius 3 is 2.48 bits per heavy atom. The van der Waals surface area contributed by atoms with Crippen LogP contribution in [0.3, 0.4) is 0 Å². The number of likely N-dealkylation sites (N-methyl/N-ethyl adjacent to an activating group) is 1. The van der Waals surface area contributed by atoms with Crippen LogP contribution in [-0.2, 0) is 9.53 Å². The molecular weight excluding hydrogens is 294 g/mol. The van der Waals surface area contributed by atoms with Crippen LogP contribution in [0.25, 0.3) is 0 Å². The first-order valence-corrected chi connectivity index (χ1v) is 8.70. The molecule has 1 N–H and O–H groups in total. The number of morpholine rings is 1. The number of guanidine groups is 1. The lowest BCUT2D eigenvalue weighted by atomic mass is 10.1. The first-order chi connectivity index (χ1) is 11.2. The number of likely N-dealkylation sites (tertiary alicyclic amines) is 1. The third-order valence-corrected chi connectivity index (χ3v) is 4.33. The van der Waals surface area contributed by atoms with Gasteiger partial charge in [0.05, 0.1) is 13.2 Å². The molecule has 0 bridgehead atoms. The third kappa shape index (κ3) is 6.35. The Hall–Kier alpha value is -1.34. The lowest BCUT2D eigenvalue weighted by molar-refractivity contribution is -0.127. The van der Waals surface area contributed by atoms with Gasteiger partial charge in [-0.2, -0.15) is 0 Å². The van der Waals surface area contributed by atoms with Gasteiger partial charge in [-0.05, 0) is 19.3 Å². The lowest BCUT2D eigenvalue weighted by Gasteiger charge is -2.31. The van der Waals surface area contributed by atoms with Crippen molar-refractivity contribution >= 4 is 11.9 Å². The zero-order valence-electron chi connectivity index (χ0n) is 14.6. The minimum absolute atomic E-state index is 0.0366. The van der Waals surface area contributed by atoms with Gasteiger partial charge in [-0.15, -0.1) is 0 Å². The van der Waals surface area contributed by atoms with Crippen molar-refractivity contribution in [1.29, 1.82) is 0 Å². The first-order valence-electron chi connectivity index (χ1n) is 8.70. The van der Waals surface area contributed by atoms with Crippen LogP contribution in [0.2, 0.25) is 0 Å². The van der Waals surface area contributed by atoms with Gasteiger partial charge in [-0.1, -0.05) is 0 Å². The zero-order valence-corrected chi connectivity index (χ0v) is 14.6. The summed E-state index contributed by atoms with van der Waals surface area (Å²) in [6.45, 7) is 7.74. The Morgan fingerprint density at radius 2 is 1.83 bits per heavy atom. The monoisotopic (exact) mass is 325 g/mol. The van der Waals surface area contributed by atoms with Crippen LogP contribution in [0.5, 0.6) is 0 Å². The summed E-state index contributed by atoms with van der Waals surface area (Å²) < 4.78 is 5.37. The van der Waals surface area contributed by atoms with E-state index in [1.54, 1.807) is 19.0 Å². The summed E-state index contributed by atoms with van der Waals surface area (Å²) in [4.78, 5) is 22.6. The summed E-state index contributed by atoms with van der Waals surface area (Å²) in [6, 6.07) is 0. The molecule has 2 rings (SSSR count). The molecule has 0 atom stereocenters. The van der Waals surface area contributed by atoms with Crippen molar-refractivity contribution < 1.29 is 9.53 Å². The van der Waals surface area contributed by atoms with Crippen molar-refractivity contribution in [3.8, 4) is 0 Å². The van der Waals surface area contributed by atoms with E-state index in [9.17, 15) is 4.79 Å². The summed E-state index contributed by atoms with van der Waals surface area (Å²) in [7, 11) is 3.54. The van der Waals surface area contributed by atoms with Crippen molar-refractivity contribution in [2.45, 2.75) is 19.3 Å². The van der Waals surface area contributed by atoms with Gasteiger partial charge in [0.25, 0.3) is 0 Å². The number of aliphatic imine (C=N–C) groups is 1. The van der Waals surface area contributed by atoms with E-state index in [4.69, 9.17) is 4.74 Å². The van der Waals surface area contributed by atoms with Gasteiger partial charge < -0.3 is 19.9 Å². The van der Waals surface area contributed by atoms with Gasteiger partial charge in [0.1, 0.15) is 6.54 Å². The Morgan fingerprint density at radius 1 is 1.13 bits per heavy atom. The highest BCUT2D eigenvalue weighted by atomic mass is 16.5. The van der Waals surface area contributed by atoms with Gasteiger partial charge >= 0.3 is 0 Å². The second-order valence-electron chi connectivity index (χ2n) is 6.36. The van der Waals surface area contributed by atoms with E-state index in [0.29, 0.717) is 0 Å². The molecule has 2 fully saturated rings. The maximum atomic E-state index is 11.8. The number of carbonyl (C=O) groups excluding carboxylic acids is 1. The fourth-order valence-corrected chi connectivity index (χ4v) is 2.81. The molecule has 0 saturated carbocycles. The standard InChI is InChI=1S/C16H31N5O2/c1-19(2)15(22)14-18-16(21-7-4-3-5-8-21)17-6-9-20-10-12-23-13-11-20/h3-14H2,1-2H3,(H,17,18). The number of nitrogens with zero attached hydrogens (tertiary/aromatic N) is 4. The second-order valence-corrected chi connectivity index (χ2v) is 6.36. The maximum Gasteiger partial charge on any atom is 0.243 e. The second kappa shape index (κ2) is 9.72. The third-order valence-electron chi connectivity index (χ3n) is 4.33. The van der Waals surface area contributed by atoms with Gasteiger partial charge in [-0.25, -0.2) is 4.99 Å². The van der Waals surface area contributed by atoms with Gasteiger partial charge in [0, 0.05) is 53.4 Å². The molecule has 0 unspecified atom stereocenters. The summed E-state index contributed by atoms with van der Waals surface area (Å²) in [5.74, 6) is 0.919. The minimum atomic E-state index is 0.0366. The molecule has 7 heteroatoms. The molecule has 0 radical (unpaired) electrons. The topological polar surface area (TPSA) is 60.4 Å². The number of hydrogen-bond donors (Lipinski definition) is 1. The number of rotatable bonds is 5. The van der Waals surface area contributed by atoms with Crippen LogP contribution >= 0.6 is 0 Å². The van der Waals surface area contributed by atoms with Crippen molar-refractivity contribution in [2.24, 2.45) is 4.99 Å². The molecular formula is C16H31N5O2. The first kappa shape index (κ1) is 18.0. The van der Waals surface area contributed by atoms with E-state index >= 15 is 0 Å². The average Bonchev–Trinajstić information content (AvgIpc) is 2.59. The largest absolute Gasteiger partial charge is 0.379 e. The lowest BCUT2D eigenvalue weighted by Crippen LogP contribution is -2.48. The molecule has 0 aromatic heterocycles. The Labute approximate surface area is 139 Å². The summed E-state index contributed by atoms with van der Waals surface area (Å²) in [5.41, 5.74) is 0. The fourth-order valence-electron chi connectivity index (χ4n) is 2.81. The van der Waals surface area contributed by atoms with E-state index in [-0.39, 0.29) is 12.5 Å². The molecule has 23 heavy (non-hydrogen) atoms. The summed E-state index contributed by atoms with van der Waals surface area (Å²) in [5, 5.41) is 3.45. The Balaban J connectivity index is 1.84. The molecule has 0 aromatic rings. The highest BCUT2D eigenvalue weighted by Crippen LogP contribution is 2.08. The van der Waals surface area contributed by atoms with Gasteiger partial charge in [-0.3, -0.25) is 9.69 Å². The maximum absolute atomic E-state index is 11.8. The quantitative estimate of drug-likeness (QED) is 0.562. The molecule has 7 nitrogen and oxygen atoms in total. The predicted molar refractivity (Wildman–Crippen MR) is 91.7 cm³/mol. The van der Waals surface area contributed by atoms with Crippen LogP contribution < -0.4 is 5.32 Å². The van der Waals surface area contributed by atoms with Crippen molar-refractivity contribution in [1.82, 2.24) is 20.0 Å². The Kier molecular flexibility index (Phi) is 7.61. The van der Waals surface area contributed by atoms with Crippen LogP contribution in [0.15, 0.2) is 4.99 Å². The van der Waals surface area contributed by atoms with Crippen molar-refractivity contribution in [3.63, 3.8) is 0 Å². The van der Waals surface area contributed by atoms with E-state index in [1.165, 1.54) is 19.3 Å². The summed E-state index contributed by atoms with van der Waals surface area (Å²) >= 11 is 0. The molecule has 132 valence electrons.